The molecule has 2 aromatic rings. The lowest BCUT2D eigenvalue weighted by molar-refractivity contribution is 0.0448. The number of nitrogens with zero attached hydrogens (tertiary/aromatic N) is 3. The van der Waals surface area contributed by atoms with E-state index in [4.69, 9.17) is 4.74 Å². The Kier molecular flexibility index (Phi) is 5.11. The third-order valence-electron chi connectivity index (χ3n) is 3.48. The van der Waals surface area contributed by atoms with E-state index in [2.05, 4.69) is 31.1 Å². The molecule has 0 unspecified atom stereocenters. The van der Waals surface area contributed by atoms with Gasteiger partial charge in [-0.1, -0.05) is 56.3 Å². The molecule has 1 aromatic carbocycles. The van der Waals surface area contributed by atoms with Gasteiger partial charge in [0.05, 0.1) is 11.2 Å². The summed E-state index contributed by atoms with van der Waals surface area (Å²) < 4.78 is 7.19. The van der Waals surface area contributed by atoms with Gasteiger partial charge in [0, 0.05) is 0 Å². The summed E-state index contributed by atoms with van der Waals surface area (Å²) in [6.45, 7) is 12.6. The summed E-state index contributed by atoms with van der Waals surface area (Å²) in [5.41, 5.74) is 1.76. The number of carbonyl (C=O) groups is 1. The van der Waals surface area contributed by atoms with Crippen molar-refractivity contribution >= 4 is 5.97 Å². The molecule has 0 bridgehead atoms. The van der Waals surface area contributed by atoms with Crippen LogP contribution in [-0.4, -0.2) is 21.0 Å². The predicted octanol–water partition coefficient (Wildman–Crippen LogP) is 3.98. The summed E-state index contributed by atoms with van der Waals surface area (Å²) in [5, 5.41) is 8.47. The summed E-state index contributed by atoms with van der Waals surface area (Å²) in [6.07, 6.45) is 0.666. The van der Waals surface area contributed by atoms with E-state index in [0.717, 1.165) is 5.56 Å². The fraction of sp³-hybridized carbons (Fsp3) is 0.526. The zero-order chi connectivity index (χ0) is 18.0. The first-order chi connectivity index (χ1) is 11.1. The van der Waals surface area contributed by atoms with Crippen LogP contribution in [0, 0.1) is 5.41 Å². The van der Waals surface area contributed by atoms with E-state index < -0.39 is 0 Å². The third-order valence-corrected chi connectivity index (χ3v) is 3.48. The van der Waals surface area contributed by atoms with Gasteiger partial charge in [0.25, 0.3) is 0 Å². The summed E-state index contributed by atoms with van der Waals surface area (Å²) in [4.78, 5) is 12.7. The summed E-state index contributed by atoms with van der Waals surface area (Å²) in [6, 6.07) is 9.65. The minimum absolute atomic E-state index is 0.00715. The zero-order valence-corrected chi connectivity index (χ0v) is 15.5. The molecule has 0 aliphatic carbocycles. The fourth-order valence-electron chi connectivity index (χ4n) is 2.40. The molecule has 0 aliphatic heterocycles. The Balaban J connectivity index is 2.28. The number of benzene rings is 1. The van der Waals surface area contributed by atoms with Gasteiger partial charge < -0.3 is 4.74 Å². The smallest absolute Gasteiger partial charge is 0.358 e. The molecular weight excluding hydrogens is 302 g/mol. The normalized spacial score (nSPS) is 12.2. The molecule has 0 spiro atoms. The molecule has 0 atom stereocenters. The Morgan fingerprint density at radius 2 is 1.71 bits per heavy atom. The van der Waals surface area contributed by atoms with Crippen LogP contribution in [0.2, 0.25) is 0 Å². The van der Waals surface area contributed by atoms with Crippen molar-refractivity contribution in [2.45, 2.75) is 60.1 Å². The van der Waals surface area contributed by atoms with Crippen molar-refractivity contribution in [1.29, 1.82) is 0 Å². The van der Waals surface area contributed by atoms with Crippen LogP contribution in [0.15, 0.2) is 30.3 Å². The molecule has 0 aliphatic rings. The highest BCUT2D eigenvalue weighted by Crippen LogP contribution is 2.25. The number of ether oxygens (including phenoxy) is 1. The van der Waals surface area contributed by atoms with E-state index >= 15 is 0 Å². The van der Waals surface area contributed by atoms with Crippen molar-refractivity contribution < 1.29 is 9.53 Å². The molecule has 0 amide bonds. The number of aromatic nitrogens is 3. The molecule has 2 rings (SSSR count). The standard InChI is InChI=1S/C19H27N3O2/c1-18(2,3)12-15-16(22(21-20-15)19(4,5)6)17(23)24-13-14-10-8-7-9-11-14/h7-11H,12-13H2,1-6H3. The lowest BCUT2D eigenvalue weighted by Crippen LogP contribution is -2.28. The lowest BCUT2D eigenvalue weighted by Gasteiger charge is -2.22. The monoisotopic (exact) mass is 329 g/mol. The van der Waals surface area contributed by atoms with Crippen LogP contribution in [0.25, 0.3) is 0 Å². The number of hydrogen-bond donors (Lipinski definition) is 0. The van der Waals surface area contributed by atoms with Crippen molar-refractivity contribution in [3.8, 4) is 0 Å². The van der Waals surface area contributed by atoms with E-state index in [1.807, 2.05) is 51.1 Å². The first-order valence-corrected chi connectivity index (χ1v) is 8.24. The highest BCUT2D eigenvalue weighted by Gasteiger charge is 2.30. The lowest BCUT2D eigenvalue weighted by atomic mass is 9.90. The van der Waals surface area contributed by atoms with Crippen molar-refractivity contribution in [3.05, 3.63) is 47.3 Å². The van der Waals surface area contributed by atoms with Gasteiger partial charge >= 0.3 is 5.97 Å². The molecule has 24 heavy (non-hydrogen) atoms. The summed E-state index contributed by atoms with van der Waals surface area (Å²) >= 11 is 0. The minimum atomic E-state index is -0.377. The van der Waals surface area contributed by atoms with Crippen LogP contribution in [0.3, 0.4) is 0 Å². The van der Waals surface area contributed by atoms with Crippen LogP contribution < -0.4 is 0 Å². The molecule has 0 saturated carbocycles. The van der Waals surface area contributed by atoms with Crippen LogP contribution in [0.1, 0.15) is 63.3 Å². The van der Waals surface area contributed by atoms with Crippen molar-refractivity contribution in [2.24, 2.45) is 5.41 Å². The van der Waals surface area contributed by atoms with E-state index in [9.17, 15) is 4.79 Å². The van der Waals surface area contributed by atoms with Gasteiger partial charge in [0.2, 0.25) is 0 Å². The van der Waals surface area contributed by atoms with Crippen molar-refractivity contribution in [1.82, 2.24) is 15.0 Å². The maximum atomic E-state index is 12.7. The van der Waals surface area contributed by atoms with E-state index in [-0.39, 0.29) is 23.5 Å². The molecular formula is C19H27N3O2. The zero-order valence-electron chi connectivity index (χ0n) is 15.5. The molecule has 0 saturated heterocycles. The Morgan fingerprint density at radius 3 is 2.25 bits per heavy atom. The van der Waals surface area contributed by atoms with Crippen molar-refractivity contribution in [3.63, 3.8) is 0 Å². The van der Waals surface area contributed by atoms with Gasteiger partial charge in [-0.3, -0.25) is 0 Å². The van der Waals surface area contributed by atoms with Crippen LogP contribution in [0.4, 0.5) is 0 Å². The van der Waals surface area contributed by atoms with Crippen molar-refractivity contribution in [2.75, 3.05) is 0 Å². The Hall–Kier alpha value is -2.17. The molecule has 130 valence electrons. The topological polar surface area (TPSA) is 57.0 Å². The van der Waals surface area contributed by atoms with E-state index in [0.29, 0.717) is 17.8 Å². The number of hydrogen-bond acceptors (Lipinski definition) is 4. The molecule has 5 heteroatoms. The first-order valence-electron chi connectivity index (χ1n) is 8.24. The largest absolute Gasteiger partial charge is 0.456 e. The second kappa shape index (κ2) is 6.75. The maximum Gasteiger partial charge on any atom is 0.358 e. The molecule has 0 N–H and O–H groups in total. The van der Waals surface area contributed by atoms with Crippen LogP contribution in [-0.2, 0) is 23.3 Å². The van der Waals surface area contributed by atoms with Gasteiger partial charge in [-0.2, -0.15) is 0 Å². The van der Waals surface area contributed by atoms with Crippen LogP contribution in [0.5, 0.6) is 0 Å². The van der Waals surface area contributed by atoms with Gasteiger partial charge in [-0.05, 0) is 38.2 Å². The number of esters is 1. The van der Waals surface area contributed by atoms with E-state index in [1.165, 1.54) is 0 Å². The molecule has 5 nitrogen and oxygen atoms in total. The molecule has 1 heterocycles. The Bertz CT molecular complexity index is 692. The Labute approximate surface area is 144 Å². The van der Waals surface area contributed by atoms with Gasteiger partial charge in [0.1, 0.15) is 6.61 Å². The average Bonchev–Trinajstić information content (AvgIpc) is 2.87. The number of carbonyl (C=O) groups excluding carboxylic acids is 1. The molecule has 1 aromatic heterocycles. The highest BCUT2D eigenvalue weighted by atomic mass is 16.5. The minimum Gasteiger partial charge on any atom is -0.456 e. The van der Waals surface area contributed by atoms with Gasteiger partial charge in [0.15, 0.2) is 5.69 Å². The first kappa shape index (κ1) is 18.2. The Morgan fingerprint density at radius 1 is 1.08 bits per heavy atom. The summed E-state index contributed by atoms with van der Waals surface area (Å²) in [7, 11) is 0. The third kappa shape index (κ3) is 4.66. The maximum absolute atomic E-state index is 12.7. The van der Waals surface area contributed by atoms with Gasteiger partial charge in [-0.15, -0.1) is 5.10 Å². The molecule has 0 fully saturated rings. The average molecular weight is 329 g/mol. The SMILES string of the molecule is CC(C)(C)Cc1nnn(C(C)(C)C)c1C(=O)OCc1ccccc1. The predicted molar refractivity (Wildman–Crippen MR) is 93.7 cm³/mol. The van der Waals surface area contributed by atoms with Crippen LogP contribution >= 0.6 is 0 Å². The highest BCUT2D eigenvalue weighted by molar-refractivity contribution is 5.88. The second-order valence-corrected chi connectivity index (χ2v) is 8.27. The number of rotatable bonds is 4. The van der Waals surface area contributed by atoms with Gasteiger partial charge in [-0.25, -0.2) is 9.48 Å². The fourth-order valence-corrected chi connectivity index (χ4v) is 2.40. The van der Waals surface area contributed by atoms with E-state index in [1.54, 1.807) is 4.68 Å². The molecule has 0 radical (unpaired) electrons. The summed E-state index contributed by atoms with van der Waals surface area (Å²) in [5.74, 6) is -0.377. The quantitative estimate of drug-likeness (QED) is 0.796. The second-order valence-electron chi connectivity index (χ2n) is 8.27.